The van der Waals surface area contributed by atoms with Crippen molar-refractivity contribution in [3.63, 3.8) is 0 Å². The largest absolute Gasteiger partial charge is 0.381 e. The second-order valence-corrected chi connectivity index (χ2v) is 9.99. The Balaban J connectivity index is 0.00000480. The minimum Gasteiger partial charge on any atom is -0.381 e. The summed E-state index contributed by atoms with van der Waals surface area (Å²) in [5.41, 5.74) is 0.977. The van der Waals surface area contributed by atoms with Gasteiger partial charge in [0.15, 0.2) is 5.96 Å². The molecule has 1 aliphatic rings. The summed E-state index contributed by atoms with van der Waals surface area (Å²) in [6, 6.07) is 7.09. The van der Waals surface area contributed by atoms with Crippen molar-refractivity contribution >= 4 is 40.0 Å². The van der Waals surface area contributed by atoms with Gasteiger partial charge in [0.25, 0.3) is 0 Å². The van der Waals surface area contributed by atoms with E-state index in [1.54, 1.807) is 16.4 Å². The second-order valence-electron chi connectivity index (χ2n) is 8.05. The number of ether oxygens (including phenoxy) is 1. The standard InChI is InChI=1S/C22H38N4O3S.HI/c1-4-23-22(24-13-8-16-29-18-19(2)3)25-17-20-9-11-21(12-10-20)30(27,28)26-14-6-5-7-15-26;/h9-12,19H,4-8,13-18H2,1-3H3,(H2,23,24,25);1H. The summed E-state index contributed by atoms with van der Waals surface area (Å²) in [6.07, 6.45) is 3.91. The van der Waals surface area contributed by atoms with Gasteiger partial charge in [0, 0.05) is 39.4 Å². The lowest BCUT2D eigenvalue weighted by molar-refractivity contribution is 0.108. The zero-order valence-electron chi connectivity index (χ0n) is 19.1. The Morgan fingerprint density at radius 1 is 1.13 bits per heavy atom. The first kappa shape index (κ1) is 28.1. The summed E-state index contributed by atoms with van der Waals surface area (Å²) in [7, 11) is -3.38. The van der Waals surface area contributed by atoms with Crippen LogP contribution in [-0.4, -0.2) is 58.1 Å². The van der Waals surface area contributed by atoms with Gasteiger partial charge in [-0.1, -0.05) is 32.4 Å². The van der Waals surface area contributed by atoms with Crippen LogP contribution >= 0.6 is 24.0 Å². The van der Waals surface area contributed by atoms with Crippen molar-refractivity contribution in [1.29, 1.82) is 0 Å². The first-order chi connectivity index (χ1) is 14.4. The minimum absolute atomic E-state index is 0. The molecule has 1 aliphatic heterocycles. The molecule has 0 saturated carbocycles. The average Bonchev–Trinajstić information content (AvgIpc) is 2.75. The summed E-state index contributed by atoms with van der Waals surface area (Å²) in [5.74, 6) is 1.31. The fourth-order valence-corrected chi connectivity index (χ4v) is 4.75. The molecule has 1 aromatic rings. The zero-order chi connectivity index (χ0) is 21.8. The Bertz CT molecular complexity index is 749. The van der Waals surface area contributed by atoms with Gasteiger partial charge in [-0.3, -0.25) is 0 Å². The van der Waals surface area contributed by atoms with E-state index in [0.717, 1.165) is 63.5 Å². The Morgan fingerprint density at radius 3 is 2.42 bits per heavy atom. The van der Waals surface area contributed by atoms with Crippen molar-refractivity contribution in [2.75, 3.05) is 39.4 Å². The number of hydrogen-bond acceptors (Lipinski definition) is 4. The molecule has 7 nitrogen and oxygen atoms in total. The van der Waals surface area contributed by atoms with E-state index in [2.05, 4.69) is 29.5 Å². The van der Waals surface area contributed by atoms with Gasteiger partial charge in [-0.25, -0.2) is 13.4 Å². The molecule has 1 heterocycles. The normalized spacial score (nSPS) is 15.5. The summed E-state index contributed by atoms with van der Waals surface area (Å²) in [5, 5.41) is 6.55. The predicted octanol–water partition coefficient (Wildman–Crippen LogP) is 3.60. The van der Waals surface area contributed by atoms with E-state index in [-0.39, 0.29) is 24.0 Å². The maximum atomic E-state index is 12.7. The number of hydrogen-bond donors (Lipinski definition) is 2. The van der Waals surface area contributed by atoms with E-state index in [1.165, 1.54) is 0 Å². The first-order valence-electron chi connectivity index (χ1n) is 11.1. The molecule has 0 radical (unpaired) electrons. The van der Waals surface area contributed by atoms with Crippen LogP contribution in [0.5, 0.6) is 0 Å². The highest BCUT2D eigenvalue weighted by Gasteiger charge is 2.25. The maximum absolute atomic E-state index is 12.7. The number of benzene rings is 1. The van der Waals surface area contributed by atoms with Crippen molar-refractivity contribution in [2.45, 2.75) is 57.9 Å². The minimum atomic E-state index is -3.38. The van der Waals surface area contributed by atoms with E-state index >= 15 is 0 Å². The number of rotatable bonds is 11. The highest BCUT2D eigenvalue weighted by atomic mass is 127. The monoisotopic (exact) mass is 566 g/mol. The van der Waals surface area contributed by atoms with Crippen molar-refractivity contribution in [1.82, 2.24) is 14.9 Å². The quantitative estimate of drug-likeness (QED) is 0.185. The maximum Gasteiger partial charge on any atom is 0.243 e. The van der Waals surface area contributed by atoms with Crippen molar-refractivity contribution in [3.05, 3.63) is 29.8 Å². The smallest absolute Gasteiger partial charge is 0.243 e. The van der Waals surface area contributed by atoms with Crippen LogP contribution in [0.25, 0.3) is 0 Å². The number of nitrogens with one attached hydrogen (secondary N) is 2. The van der Waals surface area contributed by atoms with Gasteiger partial charge >= 0.3 is 0 Å². The average molecular weight is 567 g/mol. The summed E-state index contributed by atoms with van der Waals surface area (Å²) in [6.45, 7) is 11.1. The van der Waals surface area contributed by atoms with Crippen LogP contribution in [-0.2, 0) is 21.3 Å². The Kier molecular flexibility index (Phi) is 13.6. The Hall–Kier alpha value is -0.910. The van der Waals surface area contributed by atoms with Crippen LogP contribution in [0.4, 0.5) is 0 Å². The van der Waals surface area contributed by atoms with Gasteiger partial charge in [0.1, 0.15) is 0 Å². The molecule has 0 amide bonds. The lowest BCUT2D eigenvalue weighted by Crippen LogP contribution is -2.38. The fraction of sp³-hybridized carbons (Fsp3) is 0.682. The molecule has 178 valence electrons. The molecular weight excluding hydrogens is 527 g/mol. The highest BCUT2D eigenvalue weighted by Crippen LogP contribution is 2.21. The molecular formula is C22H39IN4O3S. The van der Waals surface area contributed by atoms with Crippen molar-refractivity contribution < 1.29 is 13.2 Å². The molecule has 1 aromatic carbocycles. The third-order valence-electron chi connectivity index (χ3n) is 4.85. The number of halogens is 1. The van der Waals surface area contributed by atoms with Gasteiger partial charge in [0.05, 0.1) is 11.4 Å². The fourth-order valence-electron chi connectivity index (χ4n) is 3.23. The van der Waals surface area contributed by atoms with Crippen LogP contribution < -0.4 is 10.6 Å². The molecule has 0 bridgehead atoms. The SMILES string of the molecule is CCNC(=NCc1ccc(S(=O)(=O)N2CCCCC2)cc1)NCCCOCC(C)C.I. The number of piperidine rings is 1. The van der Waals surface area contributed by atoms with E-state index in [0.29, 0.717) is 30.4 Å². The Morgan fingerprint density at radius 2 is 1.81 bits per heavy atom. The predicted molar refractivity (Wildman–Crippen MR) is 138 cm³/mol. The van der Waals surface area contributed by atoms with Crippen LogP contribution in [0.1, 0.15) is 52.0 Å². The number of sulfonamides is 1. The Labute approximate surface area is 205 Å². The van der Waals surface area contributed by atoms with Gasteiger partial charge in [0.2, 0.25) is 10.0 Å². The molecule has 1 fully saturated rings. The molecule has 31 heavy (non-hydrogen) atoms. The topological polar surface area (TPSA) is 83.0 Å². The molecule has 0 unspecified atom stereocenters. The summed E-state index contributed by atoms with van der Waals surface area (Å²) in [4.78, 5) is 4.97. The van der Waals surface area contributed by atoms with Crippen LogP contribution in [0, 0.1) is 5.92 Å². The lowest BCUT2D eigenvalue weighted by Gasteiger charge is -2.25. The van der Waals surface area contributed by atoms with Crippen molar-refractivity contribution in [2.24, 2.45) is 10.9 Å². The third kappa shape index (κ3) is 10.0. The molecule has 0 aromatic heterocycles. The number of guanidine groups is 1. The molecule has 0 aliphatic carbocycles. The van der Waals surface area contributed by atoms with Gasteiger partial charge in [-0.2, -0.15) is 4.31 Å². The van der Waals surface area contributed by atoms with Gasteiger partial charge in [-0.15, -0.1) is 24.0 Å². The summed E-state index contributed by atoms with van der Waals surface area (Å²) >= 11 is 0. The van der Waals surface area contributed by atoms with Gasteiger partial charge in [-0.05, 0) is 49.8 Å². The molecule has 2 N–H and O–H groups in total. The van der Waals surface area contributed by atoms with E-state index in [1.807, 2.05) is 19.1 Å². The van der Waals surface area contributed by atoms with Crippen LogP contribution in [0.15, 0.2) is 34.2 Å². The van der Waals surface area contributed by atoms with Crippen LogP contribution in [0.2, 0.25) is 0 Å². The van der Waals surface area contributed by atoms with E-state index < -0.39 is 10.0 Å². The van der Waals surface area contributed by atoms with E-state index in [4.69, 9.17) is 4.74 Å². The highest BCUT2D eigenvalue weighted by molar-refractivity contribution is 14.0. The molecule has 1 saturated heterocycles. The van der Waals surface area contributed by atoms with Gasteiger partial charge < -0.3 is 15.4 Å². The summed E-state index contributed by atoms with van der Waals surface area (Å²) < 4.78 is 32.7. The second kappa shape index (κ2) is 15.0. The molecule has 2 rings (SSSR count). The lowest BCUT2D eigenvalue weighted by atomic mass is 10.2. The molecule has 0 spiro atoms. The molecule has 0 atom stereocenters. The zero-order valence-corrected chi connectivity index (χ0v) is 22.2. The number of nitrogens with zero attached hydrogens (tertiary/aromatic N) is 2. The van der Waals surface area contributed by atoms with E-state index in [9.17, 15) is 8.42 Å². The third-order valence-corrected chi connectivity index (χ3v) is 6.76. The number of aliphatic imine (C=N–C) groups is 1. The van der Waals surface area contributed by atoms with Crippen molar-refractivity contribution in [3.8, 4) is 0 Å². The van der Waals surface area contributed by atoms with Crippen LogP contribution in [0.3, 0.4) is 0 Å². The first-order valence-corrected chi connectivity index (χ1v) is 12.6. The molecule has 9 heteroatoms.